The monoisotopic (exact) mass is 347 g/mol. The standard InChI is InChI=1S/C17H25N5O3/c1-12(2)8-16-18-15(20-25-16)10-21-6-3-4-13(9-21)14-5-7-22(19-14)11-17(23)24/h5,7,12-13H,3-4,6,8-11H2,1-2H3,(H,23,24). The first-order valence-corrected chi connectivity index (χ1v) is 8.78. The van der Waals surface area contributed by atoms with E-state index in [9.17, 15) is 4.79 Å². The minimum Gasteiger partial charge on any atom is -0.480 e. The number of rotatable bonds is 7. The summed E-state index contributed by atoms with van der Waals surface area (Å²) in [6.45, 7) is 6.70. The second-order valence-corrected chi connectivity index (χ2v) is 7.11. The maximum Gasteiger partial charge on any atom is 0.325 e. The molecular weight excluding hydrogens is 322 g/mol. The molecule has 0 aliphatic carbocycles. The zero-order valence-corrected chi connectivity index (χ0v) is 14.8. The molecular formula is C17H25N5O3. The second-order valence-electron chi connectivity index (χ2n) is 7.11. The molecule has 25 heavy (non-hydrogen) atoms. The fourth-order valence-electron chi connectivity index (χ4n) is 3.25. The number of aliphatic carboxylic acids is 1. The molecule has 0 aromatic carbocycles. The summed E-state index contributed by atoms with van der Waals surface area (Å²) in [4.78, 5) is 17.6. The minimum absolute atomic E-state index is 0.0993. The van der Waals surface area contributed by atoms with Crippen molar-refractivity contribution in [2.75, 3.05) is 13.1 Å². The van der Waals surface area contributed by atoms with Gasteiger partial charge in [0.1, 0.15) is 6.54 Å². The lowest BCUT2D eigenvalue weighted by atomic mass is 9.95. The summed E-state index contributed by atoms with van der Waals surface area (Å²) in [5.74, 6) is 1.35. The van der Waals surface area contributed by atoms with Crippen LogP contribution in [0.1, 0.15) is 50.0 Å². The summed E-state index contributed by atoms with van der Waals surface area (Å²) in [5, 5.41) is 17.4. The fourth-order valence-corrected chi connectivity index (χ4v) is 3.25. The van der Waals surface area contributed by atoms with Gasteiger partial charge in [-0.1, -0.05) is 19.0 Å². The summed E-state index contributed by atoms with van der Waals surface area (Å²) < 4.78 is 6.79. The third kappa shape index (κ3) is 4.88. The highest BCUT2D eigenvalue weighted by Crippen LogP contribution is 2.26. The molecule has 0 amide bonds. The van der Waals surface area contributed by atoms with Gasteiger partial charge in [0, 0.05) is 25.1 Å². The van der Waals surface area contributed by atoms with Crippen molar-refractivity contribution in [3.05, 3.63) is 29.7 Å². The lowest BCUT2D eigenvalue weighted by Crippen LogP contribution is -2.34. The molecule has 2 aromatic rings. The Hall–Kier alpha value is -2.22. The highest BCUT2D eigenvalue weighted by molar-refractivity contribution is 5.66. The molecule has 3 heterocycles. The Labute approximate surface area is 146 Å². The molecule has 1 aliphatic rings. The third-order valence-electron chi connectivity index (χ3n) is 4.34. The van der Waals surface area contributed by atoms with E-state index in [4.69, 9.17) is 9.63 Å². The number of piperidine rings is 1. The smallest absolute Gasteiger partial charge is 0.325 e. The quantitative estimate of drug-likeness (QED) is 0.817. The SMILES string of the molecule is CC(C)Cc1nc(CN2CCCC(c3ccn(CC(=O)O)n3)C2)no1. The molecule has 1 aliphatic heterocycles. The summed E-state index contributed by atoms with van der Waals surface area (Å²) in [6, 6.07) is 1.92. The van der Waals surface area contributed by atoms with Gasteiger partial charge in [-0.05, 0) is 31.4 Å². The average Bonchev–Trinajstić information content (AvgIpc) is 3.16. The molecule has 8 heteroatoms. The van der Waals surface area contributed by atoms with E-state index in [0.717, 1.165) is 43.9 Å². The van der Waals surface area contributed by atoms with E-state index in [1.165, 1.54) is 4.68 Å². The first-order valence-electron chi connectivity index (χ1n) is 8.78. The van der Waals surface area contributed by atoms with Crippen LogP contribution in [0.2, 0.25) is 0 Å². The largest absolute Gasteiger partial charge is 0.480 e. The van der Waals surface area contributed by atoms with Gasteiger partial charge in [-0.2, -0.15) is 10.1 Å². The van der Waals surface area contributed by atoms with Crippen LogP contribution in [-0.4, -0.2) is 49.0 Å². The predicted octanol–water partition coefficient (Wildman–Crippen LogP) is 1.93. The molecule has 0 radical (unpaired) electrons. The first-order chi connectivity index (χ1) is 12.0. The summed E-state index contributed by atoms with van der Waals surface area (Å²) in [5.41, 5.74) is 0.958. The van der Waals surface area contributed by atoms with E-state index in [1.807, 2.05) is 6.07 Å². The molecule has 1 N–H and O–H groups in total. The van der Waals surface area contributed by atoms with Crippen LogP contribution in [0.25, 0.3) is 0 Å². The Bertz CT molecular complexity index is 709. The van der Waals surface area contributed by atoms with E-state index in [2.05, 4.69) is 34.0 Å². The van der Waals surface area contributed by atoms with Gasteiger partial charge in [0.25, 0.3) is 0 Å². The van der Waals surface area contributed by atoms with Gasteiger partial charge in [0.05, 0.1) is 12.2 Å². The molecule has 3 rings (SSSR count). The number of carboxylic acids is 1. The van der Waals surface area contributed by atoms with Crippen LogP contribution in [0, 0.1) is 5.92 Å². The normalized spacial score (nSPS) is 18.8. The Balaban J connectivity index is 1.58. The molecule has 1 fully saturated rings. The average molecular weight is 347 g/mol. The zero-order valence-electron chi connectivity index (χ0n) is 14.8. The van der Waals surface area contributed by atoms with Crippen molar-refractivity contribution in [1.82, 2.24) is 24.8 Å². The number of likely N-dealkylation sites (tertiary alicyclic amines) is 1. The van der Waals surface area contributed by atoms with E-state index in [1.54, 1.807) is 6.20 Å². The molecule has 8 nitrogen and oxygen atoms in total. The van der Waals surface area contributed by atoms with Crippen molar-refractivity contribution >= 4 is 5.97 Å². The molecule has 1 atom stereocenters. The second kappa shape index (κ2) is 7.77. The molecule has 0 spiro atoms. The molecule has 1 saturated heterocycles. The van der Waals surface area contributed by atoms with Crippen LogP contribution >= 0.6 is 0 Å². The zero-order chi connectivity index (χ0) is 17.8. The van der Waals surface area contributed by atoms with Crippen molar-refractivity contribution < 1.29 is 14.4 Å². The molecule has 0 bridgehead atoms. The van der Waals surface area contributed by atoms with E-state index >= 15 is 0 Å². The minimum atomic E-state index is -0.880. The number of carbonyl (C=O) groups is 1. The predicted molar refractivity (Wildman–Crippen MR) is 90.0 cm³/mol. The first kappa shape index (κ1) is 17.6. The summed E-state index contributed by atoms with van der Waals surface area (Å²) >= 11 is 0. The Morgan fingerprint density at radius 1 is 1.48 bits per heavy atom. The Kier molecular flexibility index (Phi) is 5.47. The van der Waals surface area contributed by atoms with Crippen molar-refractivity contribution in [1.29, 1.82) is 0 Å². The van der Waals surface area contributed by atoms with Crippen molar-refractivity contribution in [3.8, 4) is 0 Å². The molecule has 1 unspecified atom stereocenters. The van der Waals surface area contributed by atoms with E-state index in [-0.39, 0.29) is 6.54 Å². The van der Waals surface area contributed by atoms with Crippen LogP contribution in [0.3, 0.4) is 0 Å². The van der Waals surface area contributed by atoms with Gasteiger partial charge < -0.3 is 9.63 Å². The Morgan fingerprint density at radius 2 is 2.32 bits per heavy atom. The number of hydrogen-bond acceptors (Lipinski definition) is 6. The van der Waals surface area contributed by atoms with Crippen LogP contribution in [0.5, 0.6) is 0 Å². The fraction of sp³-hybridized carbons (Fsp3) is 0.647. The van der Waals surface area contributed by atoms with Gasteiger partial charge in [-0.3, -0.25) is 14.4 Å². The lowest BCUT2D eigenvalue weighted by molar-refractivity contribution is -0.137. The number of hydrogen-bond donors (Lipinski definition) is 1. The van der Waals surface area contributed by atoms with Gasteiger partial charge in [-0.15, -0.1) is 0 Å². The maximum atomic E-state index is 10.8. The van der Waals surface area contributed by atoms with Gasteiger partial charge in [0.2, 0.25) is 5.89 Å². The third-order valence-corrected chi connectivity index (χ3v) is 4.34. The van der Waals surface area contributed by atoms with Crippen LogP contribution in [0.15, 0.2) is 16.8 Å². The number of aromatic nitrogens is 4. The highest BCUT2D eigenvalue weighted by Gasteiger charge is 2.24. The van der Waals surface area contributed by atoms with E-state index in [0.29, 0.717) is 24.3 Å². The molecule has 0 saturated carbocycles. The van der Waals surface area contributed by atoms with E-state index < -0.39 is 5.97 Å². The van der Waals surface area contributed by atoms with Crippen LogP contribution in [-0.2, 0) is 24.3 Å². The molecule has 2 aromatic heterocycles. The lowest BCUT2D eigenvalue weighted by Gasteiger charge is -2.30. The van der Waals surface area contributed by atoms with Crippen LogP contribution < -0.4 is 0 Å². The summed E-state index contributed by atoms with van der Waals surface area (Å²) in [6.07, 6.45) is 4.68. The van der Waals surface area contributed by atoms with Crippen LogP contribution in [0.4, 0.5) is 0 Å². The van der Waals surface area contributed by atoms with Crippen molar-refractivity contribution in [2.24, 2.45) is 5.92 Å². The maximum absolute atomic E-state index is 10.8. The van der Waals surface area contributed by atoms with Gasteiger partial charge >= 0.3 is 5.97 Å². The molecule has 136 valence electrons. The summed E-state index contributed by atoms with van der Waals surface area (Å²) in [7, 11) is 0. The Morgan fingerprint density at radius 3 is 3.08 bits per heavy atom. The number of carboxylic acid groups (broad SMARTS) is 1. The van der Waals surface area contributed by atoms with Crippen molar-refractivity contribution in [2.45, 2.75) is 52.1 Å². The van der Waals surface area contributed by atoms with Gasteiger partial charge in [-0.25, -0.2) is 0 Å². The topological polar surface area (TPSA) is 97.3 Å². The van der Waals surface area contributed by atoms with Crippen molar-refractivity contribution in [3.63, 3.8) is 0 Å². The number of nitrogens with zero attached hydrogens (tertiary/aromatic N) is 5. The van der Waals surface area contributed by atoms with Gasteiger partial charge in [0.15, 0.2) is 5.82 Å². The highest BCUT2D eigenvalue weighted by atomic mass is 16.5.